The van der Waals surface area contributed by atoms with Crippen LogP contribution >= 0.6 is 0 Å². The Morgan fingerprint density at radius 2 is 1.76 bits per heavy atom. The summed E-state index contributed by atoms with van der Waals surface area (Å²) in [5.74, 6) is 2.08. The lowest BCUT2D eigenvalue weighted by atomic mass is 10.0. The minimum Gasteiger partial charge on any atom is -0.490 e. The molecule has 0 saturated heterocycles. The van der Waals surface area contributed by atoms with Crippen LogP contribution in [0.4, 0.5) is 5.69 Å². The Hall–Kier alpha value is -2.16. The van der Waals surface area contributed by atoms with E-state index >= 15 is 0 Å². The maximum absolute atomic E-state index is 5.90. The van der Waals surface area contributed by atoms with Crippen molar-refractivity contribution in [1.29, 1.82) is 0 Å². The highest BCUT2D eigenvalue weighted by Crippen LogP contribution is 2.22. The summed E-state index contributed by atoms with van der Waals surface area (Å²) in [6.45, 7) is 7.31. The first-order valence-corrected chi connectivity index (χ1v) is 7.28. The molecule has 0 radical (unpaired) electrons. The molecular weight excluding hydrogens is 262 g/mol. The Balaban J connectivity index is 1.83. The number of hydrogen-bond acceptors (Lipinski definition) is 3. The maximum Gasteiger partial charge on any atom is 0.142 e. The van der Waals surface area contributed by atoms with Crippen LogP contribution in [0, 0.1) is 6.92 Å². The fourth-order valence-corrected chi connectivity index (χ4v) is 2.07. The van der Waals surface area contributed by atoms with Gasteiger partial charge in [0.2, 0.25) is 0 Å². The number of aryl methyl sites for hydroxylation is 1. The van der Waals surface area contributed by atoms with Gasteiger partial charge in [-0.05, 0) is 48.2 Å². The molecular formula is C18H23NO2. The number of rotatable bonds is 6. The summed E-state index contributed by atoms with van der Waals surface area (Å²) in [4.78, 5) is 0. The van der Waals surface area contributed by atoms with E-state index in [1.54, 1.807) is 0 Å². The van der Waals surface area contributed by atoms with E-state index in [-0.39, 0.29) is 0 Å². The van der Waals surface area contributed by atoms with Crippen LogP contribution in [0.25, 0.3) is 0 Å². The number of hydrogen-bond donors (Lipinski definition) is 1. The molecule has 0 fully saturated rings. The van der Waals surface area contributed by atoms with Crippen LogP contribution in [0.1, 0.15) is 30.9 Å². The minimum absolute atomic E-state index is 0.471. The monoisotopic (exact) mass is 285 g/mol. The van der Waals surface area contributed by atoms with Crippen molar-refractivity contribution in [3.8, 4) is 11.5 Å². The lowest BCUT2D eigenvalue weighted by Crippen LogP contribution is -2.10. The van der Waals surface area contributed by atoms with Crippen molar-refractivity contribution in [3.05, 3.63) is 53.6 Å². The minimum atomic E-state index is 0.471. The highest BCUT2D eigenvalue weighted by atomic mass is 16.5. The molecule has 3 nitrogen and oxygen atoms in total. The van der Waals surface area contributed by atoms with Crippen molar-refractivity contribution in [3.63, 3.8) is 0 Å². The zero-order valence-corrected chi connectivity index (χ0v) is 12.9. The van der Waals surface area contributed by atoms with Crippen LogP contribution in [-0.4, -0.2) is 13.2 Å². The van der Waals surface area contributed by atoms with Gasteiger partial charge in [-0.1, -0.05) is 32.0 Å². The highest BCUT2D eigenvalue weighted by molar-refractivity contribution is 5.54. The highest BCUT2D eigenvalue weighted by Gasteiger charge is 2.02. The van der Waals surface area contributed by atoms with Gasteiger partial charge in [-0.2, -0.15) is 0 Å². The van der Waals surface area contributed by atoms with Crippen molar-refractivity contribution in [1.82, 2.24) is 0 Å². The molecule has 2 N–H and O–H groups in total. The second kappa shape index (κ2) is 7.02. The molecule has 0 atom stereocenters. The predicted octanol–water partition coefficient (Wildman–Crippen LogP) is 4.16. The van der Waals surface area contributed by atoms with E-state index in [2.05, 4.69) is 26.0 Å². The summed E-state index contributed by atoms with van der Waals surface area (Å²) >= 11 is 0. The summed E-state index contributed by atoms with van der Waals surface area (Å²) in [6, 6.07) is 14.0. The molecule has 0 aromatic heterocycles. The molecule has 0 aliphatic carbocycles. The Bertz CT molecular complexity index is 594. The van der Waals surface area contributed by atoms with Gasteiger partial charge in [-0.25, -0.2) is 0 Å². The van der Waals surface area contributed by atoms with Gasteiger partial charge in [0, 0.05) is 0 Å². The molecule has 112 valence electrons. The van der Waals surface area contributed by atoms with Gasteiger partial charge in [0.05, 0.1) is 5.69 Å². The summed E-state index contributed by atoms with van der Waals surface area (Å²) in [7, 11) is 0. The largest absolute Gasteiger partial charge is 0.490 e. The molecule has 0 heterocycles. The molecule has 0 aliphatic heterocycles. The second-order valence-electron chi connectivity index (χ2n) is 5.47. The first-order valence-electron chi connectivity index (χ1n) is 7.28. The molecule has 0 unspecified atom stereocenters. The summed E-state index contributed by atoms with van der Waals surface area (Å²) in [5, 5.41) is 0. The van der Waals surface area contributed by atoms with E-state index in [4.69, 9.17) is 15.2 Å². The van der Waals surface area contributed by atoms with Crippen molar-refractivity contribution in [2.24, 2.45) is 0 Å². The summed E-state index contributed by atoms with van der Waals surface area (Å²) in [5.41, 5.74) is 8.97. The smallest absolute Gasteiger partial charge is 0.142 e. The van der Waals surface area contributed by atoms with Crippen LogP contribution in [0.3, 0.4) is 0 Å². The topological polar surface area (TPSA) is 44.5 Å². The molecule has 2 rings (SSSR count). The van der Waals surface area contributed by atoms with E-state index in [1.807, 2.05) is 37.3 Å². The molecule has 2 aromatic rings. The summed E-state index contributed by atoms with van der Waals surface area (Å²) in [6.07, 6.45) is 0. The van der Waals surface area contributed by atoms with E-state index in [1.165, 1.54) is 5.56 Å². The van der Waals surface area contributed by atoms with Crippen LogP contribution in [0.5, 0.6) is 11.5 Å². The third-order valence-corrected chi connectivity index (χ3v) is 3.30. The number of benzene rings is 2. The lowest BCUT2D eigenvalue weighted by molar-refractivity contribution is 0.217. The van der Waals surface area contributed by atoms with Crippen LogP contribution in [-0.2, 0) is 0 Å². The standard InChI is InChI=1S/C18H23NO2/c1-13(2)15-5-4-6-16(12-15)20-9-10-21-18-8-7-14(3)11-17(18)19/h4-8,11-13H,9-10,19H2,1-3H3. The number of anilines is 1. The lowest BCUT2D eigenvalue weighted by Gasteiger charge is -2.12. The zero-order chi connectivity index (χ0) is 15.2. The molecule has 0 saturated carbocycles. The van der Waals surface area contributed by atoms with Gasteiger partial charge < -0.3 is 15.2 Å². The average molecular weight is 285 g/mol. The van der Waals surface area contributed by atoms with Gasteiger partial charge in [-0.15, -0.1) is 0 Å². The summed E-state index contributed by atoms with van der Waals surface area (Å²) < 4.78 is 11.4. The normalized spacial score (nSPS) is 10.7. The third-order valence-electron chi connectivity index (χ3n) is 3.30. The number of nitrogens with two attached hydrogens (primary N) is 1. The molecule has 2 aromatic carbocycles. The molecule has 0 aliphatic rings. The van der Waals surface area contributed by atoms with Crippen molar-refractivity contribution >= 4 is 5.69 Å². The Labute approximate surface area is 126 Å². The SMILES string of the molecule is Cc1ccc(OCCOc2cccc(C(C)C)c2)c(N)c1. The first kappa shape index (κ1) is 15.2. The fourth-order valence-electron chi connectivity index (χ4n) is 2.07. The molecule has 0 spiro atoms. The Morgan fingerprint density at radius 1 is 1.00 bits per heavy atom. The second-order valence-corrected chi connectivity index (χ2v) is 5.47. The Morgan fingerprint density at radius 3 is 2.48 bits per heavy atom. The zero-order valence-electron chi connectivity index (χ0n) is 12.9. The van der Waals surface area contributed by atoms with Gasteiger partial charge in [0.1, 0.15) is 24.7 Å². The number of nitrogen functional groups attached to an aromatic ring is 1. The van der Waals surface area contributed by atoms with Crippen LogP contribution < -0.4 is 15.2 Å². The van der Waals surface area contributed by atoms with Gasteiger partial charge in [0.25, 0.3) is 0 Å². The average Bonchev–Trinajstić information content (AvgIpc) is 2.45. The van der Waals surface area contributed by atoms with E-state index in [0.29, 0.717) is 30.6 Å². The molecule has 0 amide bonds. The van der Waals surface area contributed by atoms with Crippen LogP contribution in [0.2, 0.25) is 0 Å². The van der Waals surface area contributed by atoms with E-state index in [9.17, 15) is 0 Å². The van der Waals surface area contributed by atoms with E-state index in [0.717, 1.165) is 11.3 Å². The first-order chi connectivity index (χ1) is 10.1. The van der Waals surface area contributed by atoms with Gasteiger partial charge >= 0.3 is 0 Å². The molecule has 21 heavy (non-hydrogen) atoms. The van der Waals surface area contributed by atoms with Gasteiger partial charge in [0.15, 0.2) is 0 Å². The van der Waals surface area contributed by atoms with Crippen LogP contribution in [0.15, 0.2) is 42.5 Å². The van der Waals surface area contributed by atoms with Gasteiger partial charge in [-0.3, -0.25) is 0 Å². The quantitative estimate of drug-likeness (QED) is 0.640. The maximum atomic E-state index is 5.90. The predicted molar refractivity (Wildman–Crippen MR) is 87.1 cm³/mol. The van der Waals surface area contributed by atoms with Crippen molar-refractivity contribution in [2.75, 3.05) is 18.9 Å². The molecule has 3 heteroatoms. The molecule has 0 bridgehead atoms. The third kappa shape index (κ3) is 4.42. The van der Waals surface area contributed by atoms with Crippen molar-refractivity contribution in [2.45, 2.75) is 26.7 Å². The number of ether oxygens (including phenoxy) is 2. The van der Waals surface area contributed by atoms with Crippen molar-refractivity contribution < 1.29 is 9.47 Å². The van der Waals surface area contributed by atoms with E-state index < -0.39 is 0 Å². The fraction of sp³-hybridized carbons (Fsp3) is 0.333. The Kier molecular flexibility index (Phi) is 5.09.